The van der Waals surface area contributed by atoms with Gasteiger partial charge >= 0.3 is 6.18 Å². The molecule has 5 rings (SSSR count). The second-order valence-corrected chi connectivity index (χ2v) is 8.20. The third kappa shape index (κ3) is 3.44. The van der Waals surface area contributed by atoms with E-state index in [1.165, 1.54) is 16.5 Å². The van der Waals surface area contributed by atoms with Gasteiger partial charge in [0.15, 0.2) is 5.82 Å². The van der Waals surface area contributed by atoms with Gasteiger partial charge in [-0.15, -0.1) is 0 Å². The summed E-state index contributed by atoms with van der Waals surface area (Å²) in [6, 6.07) is 11.6. The van der Waals surface area contributed by atoms with E-state index < -0.39 is 30.3 Å². The SMILES string of the molecule is CC1(c2ccccc2)C(=O)Nc2nc(-c3nc(CCC(F)(F)F)n4cc(F)ccc34)nc(N)c21. The number of nitrogen functional groups attached to an aromatic ring is 1. The van der Waals surface area contributed by atoms with Gasteiger partial charge in [-0.3, -0.25) is 4.79 Å². The second kappa shape index (κ2) is 7.51. The largest absolute Gasteiger partial charge is 0.389 e. The Kier molecular flexibility index (Phi) is 4.81. The normalized spacial score (nSPS) is 17.7. The number of pyridine rings is 1. The molecule has 1 amide bonds. The molecule has 3 aromatic heterocycles. The number of aromatic nitrogens is 4. The molecule has 0 bridgehead atoms. The molecular formula is C23H18F4N6O. The number of nitrogens with two attached hydrogens (primary N) is 1. The molecule has 34 heavy (non-hydrogen) atoms. The zero-order chi connectivity index (χ0) is 24.3. The average molecular weight is 470 g/mol. The molecule has 0 fully saturated rings. The summed E-state index contributed by atoms with van der Waals surface area (Å²) in [7, 11) is 0. The summed E-state index contributed by atoms with van der Waals surface area (Å²) in [6.45, 7) is 1.72. The van der Waals surface area contributed by atoms with E-state index in [9.17, 15) is 22.4 Å². The molecule has 4 heterocycles. The number of nitrogens with zero attached hydrogens (tertiary/aromatic N) is 4. The molecule has 1 aliphatic heterocycles. The molecule has 174 valence electrons. The van der Waals surface area contributed by atoms with Crippen LogP contribution in [0, 0.1) is 5.82 Å². The van der Waals surface area contributed by atoms with Gasteiger partial charge in [-0.1, -0.05) is 30.3 Å². The number of imidazole rings is 1. The van der Waals surface area contributed by atoms with Gasteiger partial charge in [0.05, 0.1) is 17.5 Å². The van der Waals surface area contributed by atoms with Crippen LogP contribution in [0.2, 0.25) is 0 Å². The van der Waals surface area contributed by atoms with Crippen LogP contribution in [0.3, 0.4) is 0 Å². The van der Waals surface area contributed by atoms with E-state index in [2.05, 4.69) is 20.3 Å². The summed E-state index contributed by atoms with van der Waals surface area (Å²) >= 11 is 0. The lowest BCUT2D eigenvalue weighted by Crippen LogP contribution is -2.32. The van der Waals surface area contributed by atoms with Crippen molar-refractivity contribution >= 4 is 23.1 Å². The van der Waals surface area contributed by atoms with Gasteiger partial charge in [-0.05, 0) is 24.6 Å². The highest BCUT2D eigenvalue weighted by Crippen LogP contribution is 2.45. The zero-order valence-electron chi connectivity index (χ0n) is 17.8. The zero-order valence-corrected chi connectivity index (χ0v) is 17.8. The van der Waals surface area contributed by atoms with Crippen LogP contribution in [-0.4, -0.2) is 31.4 Å². The molecule has 0 radical (unpaired) electrons. The third-order valence-corrected chi connectivity index (χ3v) is 5.99. The molecule has 0 spiro atoms. The Hall–Kier alpha value is -4.02. The van der Waals surface area contributed by atoms with E-state index in [1.54, 1.807) is 31.2 Å². The Morgan fingerprint density at radius 3 is 2.53 bits per heavy atom. The van der Waals surface area contributed by atoms with Crippen molar-refractivity contribution in [3.8, 4) is 11.5 Å². The minimum Gasteiger partial charge on any atom is -0.383 e. The van der Waals surface area contributed by atoms with Crippen LogP contribution in [0.4, 0.5) is 29.2 Å². The fourth-order valence-electron chi connectivity index (χ4n) is 4.28. The van der Waals surface area contributed by atoms with Crippen LogP contribution in [0.15, 0.2) is 48.7 Å². The predicted molar refractivity (Wildman–Crippen MR) is 116 cm³/mol. The quantitative estimate of drug-likeness (QED) is 0.434. The number of hydrogen-bond donors (Lipinski definition) is 2. The highest BCUT2D eigenvalue weighted by Gasteiger charge is 2.47. The maximum atomic E-state index is 13.9. The van der Waals surface area contributed by atoms with Gasteiger partial charge in [0.25, 0.3) is 0 Å². The van der Waals surface area contributed by atoms with E-state index in [0.717, 1.165) is 6.20 Å². The van der Waals surface area contributed by atoms with Crippen LogP contribution in [0.25, 0.3) is 17.0 Å². The highest BCUT2D eigenvalue weighted by atomic mass is 19.4. The van der Waals surface area contributed by atoms with Gasteiger partial charge in [0, 0.05) is 12.6 Å². The number of nitrogens with one attached hydrogen (secondary N) is 1. The molecule has 11 heteroatoms. The first-order valence-electron chi connectivity index (χ1n) is 10.4. The lowest BCUT2D eigenvalue weighted by Gasteiger charge is -2.23. The Labute approximate surface area is 190 Å². The van der Waals surface area contributed by atoms with Crippen LogP contribution in [0.1, 0.15) is 30.3 Å². The first kappa shape index (κ1) is 21.8. The predicted octanol–water partition coefficient (Wildman–Crippen LogP) is 4.27. The standard InChI is InChI=1S/C23H18F4N6O/c1-22(12-5-3-2-4-6-12)16-18(28)30-20(31-19(16)32-21(22)34)17-14-8-7-13(24)11-33(14)15(29-17)9-10-23(25,26)27/h2-8,11H,9-10H2,1H3,(H3,28,30,31,32,34). The summed E-state index contributed by atoms with van der Waals surface area (Å²) in [5, 5.41) is 2.73. The summed E-state index contributed by atoms with van der Waals surface area (Å²) < 4.78 is 53.5. The molecule has 3 N–H and O–H groups in total. The average Bonchev–Trinajstić information content (AvgIpc) is 3.27. The minimum absolute atomic E-state index is 0.00246. The molecular weight excluding hydrogens is 452 g/mol. The van der Waals surface area contributed by atoms with Gasteiger partial charge in [0.1, 0.15) is 34.4 Å². The summed E-state index contributed by atoms with van der Waals surface area (Å²) in [6.07, 6.45) is -4.93. The molecule has 4 aromatic rings. The number of hydrogen-bond acceptors (Lipinski definition) is 5. The number of alkyl halides is 3. The summed E-state index contributed by atoms with van der Waals surface area (Å²) in [5.41, 5.74) is 6.71. The van der Waals surface area contributed by atoms with E-state index in [-0.39, 0.29) is 34.9 Å². The molecule has 1 atom stereocenters. The van der Waals surface area contributed by atoms with E-state index in [0.29, 0.717) is 16.6 Å². The van der Waals surface area contributed by atoms with Crippen molar-refractivity contribution in [3.05, 3.63) is 71.4 Å². The number of halogens is 4. The lowest BCUT2D eigenvalue weighted by atomic mass is 9.78. The van der Waals surface area contributed by atoms with E-state index >= 15 is 0 Å². The fourth-order valence-corrected chi connectivity index (χ4v) is 4.28. The number of benzene rings is 1. The molecule has 0 aliphatic carbocycles. The number of carbonyl (C=O) groups excluding carboxylic acids is 1. The first-order chi connectivity index (χ1) is 16.1. The third-order valence-electron chi connectivity index (χ3n) is 5.99. The van der Waals surface area contributed by atoms with Crippen molar-refractivity contribution < 1.29 is 22.4 Å². The molecule has 1 aliphatic rings. The van der Waals surface area contributed by atoms with Crippen LogP contribution < -0.4 is 11.1 Å². The van der Waals surface area contributed by atoms with Crippen LogP contribution in [0.5, 0.6) is 0 Å². The van der Waals surface area contributed by atoms with Crippen molar-refractivity contribution in [1.82, 2.24) is 19.4 Å². The Bertz CT molecular complexity index is 1430. The van der Waals surface area contributed by atoms with Crippen LogP contribution in [-0.2, 0) is 16.6 Å². The van der Waals surface area contributed by atoms with Crippen molar-refractivity contribution in [2.24, 2.45) is 0 Å². The number of anilines is 2. The van der Waals surface area contributed by atoms with E-state index in [1.807, 2.05) is 6.07 Å². The van der Waals surface area contributed by atoms with Crippen molar-refractivity contribution in [2.45, 2.75) is 31.4 Å². The number of amides is 1. The van der Waals surface area contributed by atoms with Crippen molar-refractivity contribution in [3.63, 3.8) is 0 Å². The number of rotatable bonds is 4. The summed E-state index contributed by atoms with van der Waals surface area (Å²) in [5.74, 6) is -0.734. The topological polar surface area (TPSA) is 98.2 Å². The van der Waals surface area contributed by atoms with Gasteiger partial charge in [-0.25, -0.2) is 19.3 Å². The minimum atomic E-state index is -4.40. The Morgan fingerprint density at radius 2 is 1.82 bits per heavy atom. The molecule has 0 saturated heterocycles. The van der Waals surface area contributed by atoms with Gasteiger partial charge < -0.3 is 15.5 Å². The summed E-state index contributed by atoms with van der Waals surface area (Å²) in [4.78, 5) is 26.1. The van der Waals surface area contributed by atoms with Crippen molar-refractivity contribution in [1.29, 1.82) is 0 Å². The monoisotopic (exact) mass is 470 g/mol. The van der Waals surface area contributed by atoms with Crippen LogP contribution >= 0.6 is 0 Å². The van der Waals surface area contributed by atoms with Crippen molar-refractivity contribution in [2.75, 3.05) is 11.1 Å². The first-order valence-corrected chi connectivity index (χ1v) is 10.4. The van der Waals surface area contributed by atoms with Gasteiger partial charge in [-0.2, -0.15) is 13.2 Å². The number of aryl methyl sites for hydroxylation is 1. The lowest BCUT2D eigenvalue weighted by molar-refractivity contribution is -0.134. The second-order valence-electron chi connectivity index (χ2n) is 8.20. The Balaban J connectivity index is 1.65. The molecule has 1 unspecified atom stereocenters. The smallest absolute Gasteiger partial charge is 0.383 e. The van der Waals surface area contributed by atoms with Gasteiger partial charge in [0.2, 0.25) is 5.91 Å². The fraction of sp³-hybridized carbons (Fsp3) is 0.217. The maximum Gasteiger partial charge on any atom is 0.389 e. The molecule has 0 saturated carbocycles. The highest BCUT2D eigenvalue weighted by molar-refractivity contribution is 6.09. The maximum absolute atomic E-state index is 13.9. The number of carbonyl (C=O) groups is 1. The van der Waals surface area contributed by atoms with E-state index in [4.69, 9.17) is 5.73 Å². The number of fused-ring (bicyclic) bond motifs is 2. The molecule has 7 nitrogen and oxygen atoms in total. The Morgan fingerprint density at radius 1 is 1.09 bits per heavy atom. The molecule has 1 aromatic carbocycles.